The van der Waals surface area contributed by atoms with Crippen molar-refractivity contribution in [2.24, 2.45) is 0 Å². The SMILES string of the molecule is Cc1ccc(C(=O)Nc2ccc3c(c2)N(Cc2ccccc2)C(=O)C(C)O3)cc1C. The van der Waals surface area contributed by atoms with Gasteiger partial charge in [0.05, 0.1) is 12.2 Å². The van der Waals surface area contributed by atoms with Gasteiger partial charge in [0, 0.05) is 11.3 Å². The number of ether oxygens (including phenoxy) is 1. The molecule has 152 valence electrons. The van der Waals surface area contributed by atoms with Gasteiger partial charge in [-0.2, -0.15) is 0 Å². The molecule has 30 heavy (non-hydrogen) atoms. The first kappa shape index (κ1) is 19.7. The maximum atomic E-state index is 12.8. The Hall–Kier alpha value is -3.60. The standard InChI is InChI=1S/C25H24N2O3/c1-16-9-10-20(13-17(16)2)24(28)26-21-11-12-23-22(14-21)27(25(29)18(3)30-23)15-19-7-5-4-6-8-19/h4-14,18H,15H2,1-3H3,(H,26,28). The summed E-state index contributed by atoms with van der Waals surface area (Å²) in [7, 11) is 0. The van der Waals surface area contributed by atoms with E-state index in [1.165, 1.54) is 0 Å². The average Bonchev–Trinajstić information content (AvgIpc) is 2.74. The van der Waals surface area contributed by atoms with Crippen LogP contribution >= 0.6 is 0 Å². The van der Waals surface area contributed by atoms with Gasteiger partial charge in [-0.15, -0.1) is 0 Å². The van der Waals surface area contributed by atoms with Crippen LogP contribution in [0, 0.1) is 13.8 Å². The summed E-state index contributed by atoms with van der Waals surface area (Å²) in [5, 5.41) is 2.93. The van der Waals surface area contributed by atoms with Gasteiger partial charge in [-0.1, -0.05) is 36.4 Å². The lowest BCUT2D eigenvalue weighted by atomic mass is 10.1. The van der Waals surface area contributed by atoms with Gasteiger partial charge in [0.2, 0.25) is 0 Å². The number of hydrogen-bond acceptors (Lipinski definition) is 3. The van der Waals surface area contributed by atoms with Gasteiger partial charge in [-0.3, -0.25) is 9.59 Å². The molecule has 0 aromatic heterocycles. The van der Waals surface area contributed by atoms with Gasteiger partial charge < -0.3 is 15.0 Å². The maximum Gasteiger partial charge on any atom is 0.268 e. The molecular formula is C25H24N2O3. The molecule has 5 nitrogen and oxygen atoms in total. The van der Waals surface area contributed by atoms with Crippen molar-refractivity contribution in [2.45, 2.75) is 33.4 Å². The van der Waals surface area contributed by atoms with Crippen molar-refractivity contribution in [3.63, 3.8) is 0 Å². The van der Waals surface area contributed by atoms with Crippen LogP contribution in [0.2, 0.25) is 0 Å². The highest BCUT2D eigenvalue weighted by Gasteiger charge is 2.31. The molecule has 0 aliphatic carbocycles. The van der Waals surface area contributed by atoms with Gasteiger partial charge in [-0.05, 0) is 67.8 Å². The van der Waals surface area contributed by atoms with Crippen LogP contribution in [0.3, 0.4) is 0 Å². The summed E-state index contributed by atoms with van der Waals surface area (Å²) in [6, 6.07) is 20.8. The summed E-state index contributed by atoms with van der Waals surface area (Å²) in [4.78, 5) is 27.3. The van der Waals surface area contributed by atoms with Crippen LogP contribution in [0.4, 0.5) is 11.4 Å². The predicted molar refractivity (Wildman–Crippen MR) is 118 cm³/mol. The number of nitrogens with zero attached hydrogens (tertiary/aromatic N) is 1. The predicted octanol–water partition coefficient (Wildman–Crippen LogP) is 4.87. The molecule has 0 saturated carbocycles. The Morgan fingerprint density at radius 2 is 1.77 bits per heavy atom. The van der Waals surface area contributed by atoms with E-state index >= 15 is 0 Å². The summed E-state index contributed by atoms with van der Waals surface area (Å²) in [6.45, 7) is 6.18. The Balaban J connectivity index is 1.62. The molecule has 1 aliphatic heterocycles. The van der Waals surface area contributed by atoms with Crippen LogP contribution in [0.1, 0.15) is 34.0 Å². The molecule has 1 N–H and O–H groups in total. The number of anilines is 2. The molecule has 0 spiro atoms. The van der Waals surface area contributed by atoms with E-state index in [2.05, 4.69) is 5.32 Å². The number of nitrogens with one attached hydrogen (secondary N) is 1. The van der Waals surface area contributed by atoms with Gasteiger partial charge in [0.25, 0.3) is 11.8 Å². The van der Waals surface area contributed by atoms with Crippen molar-refractivity contribution in [2.75, 3.05) is 10.2 Å². The number of fused-ring (bicyclic) bond motifs is 1. The van der Waals surface area contributed by atoms with E-state index in [0.29, 0.717) is 29.2 Å². The summed E-state index contributed by atoms with van der Waals surface area (Å²) in [5.74, 6) is 0.329. The van der Waals surface area contributed by atoms with Gasteiger partial charge in [0.15, 0.2) is 6.10 Å². The van der Waals surface area contributed by atoms with Crippen molar-refractivity contribution in [1.29, 1.82) is 0 Å². The van der Waals surface area contributed by atoms with Crippen LogP contribution in [0.25, 0.3) is 0 Å². The highest BCUT2D eigenvalue weighted by Crippen LogP contribution is 2.37. The van der Waals surface area contributed by atoms with Crippen molar-refractivity contribution in [1.82, 2.24) is 0 Å². The average molecular weight is 400 g/mol. The number of carbonyl (C=O) groups is 2. The first-order valence-electron chi connectivity index (χ1n) is 9.97. The molecule has 3 aromatic rings. The monoisotopic (exact) mass is 400 g/mol. The lowest BCUT2D eigenvalue weighted by Gasteiger charge is -2.33. The zero-order valence-corrected chi connectivity index (χ0v) is 17.3. The minimum absolute atomic E-state index is 0.107. The second-order valence-corrected chi connectivity index (χ2v) is 7.61. The fourth-order valence-electron chi connectivity index (χ4n) is 3.50. The molecule has 1 heterocycles. The Kier molecular flexibility index (Phi) is 5.27. The molecule has 1 aliphatic rings. The van der Waals surface area contributed by atoms with Crippen LogP contribution in [-0.4, -0.2) is 17.9 Å². The molecule has 4 rings (SSSR count). The highest BCUT2D eigenvalue weighted by atomic mass is 16.5. The van der Waals surface area contributed by atoms with Crippen molar-refractivity contribution in [3.05, 3.63) is 89.0 Å². The van der Waals surface area contributed by atoms with E-state index in [0.717, 1.165) is 16.7 Å². The third-order valence-corrected chi connectivity index (χ3v) is 5.38. The van der Waals surface area contributed by atoms with E-state index in [-0.39, 0.29) is 11.8 Å². The quantitative estimate of drug-likeness (QED) is 0.680. The van der Waals surface area contributed by atoms with Crippen molar-refractivity contribution < 1.29 is 14.3 Å². The van der Waals surface area contributed by atoms with Crippen LogP contribution < -0.4 is 15.0 Å². The third-order valence-electron chi connectivity index (χ3n) is 5.38. The fraction of sp³-hybridized carbons (Fsp3) is 0.200. The van der Waals surface area contributed by atoms with Gasteiger partial charge in [0.1, 0.15) is 5.75 Å². The third kappa shape index (κ3) is 3.92. The van der Waals surface area contributed by atoms with Crippen LogP contribution in [0.5, 0.6) is 5.75 Å². The lowest BCUT2D eigenvalue weighted by Crippen LogP contribution is -2.44. The molecule has 1 unspecified atom stereocenters. The van der Waals surface area contributed by atoms with Crippen LogP contribution in [-0.2, 0) is 11.3 Å². The smallest absolute Gasteiger partial charge is 0.268 e. The second kappa shape index (κ2) is 8.03. The molecule has 3 aromatic carbocycles. The number of benzene rings is 3. The molecule has 2 amide bonds. The van der Waals surface area contributed by atoms with Gasteiger partial charge >= 0.3 is 0 Å². The molecule has 0 radical (unpaired) electrons. The molecule has 0 bridgehead atoms. The Morgan fingerprint density at radius 3 is 2.50 bits per heavy atom. The van der Waals surface area contributed by atoms with Crippen molar-refractivity contribution >= 4 is 23.2 Å². The summed E-state index contributed by atoms with van der Waals surface area (Å²) < 4.78 is 5.78. The number of aryl methyl sites for hydroxylation is 2. The minimum Gasteiger partial charge on any atom is -0.479 e. The lowest BCUT2D eigenvalue weighted by molar-refractivity contribution is -0.125. The first-order chi connectivity index (χ1) is 14.4. The molecule has 0 fully saturated rings. The minimum atomic E-state index is -0.558. The molecule has 0 saturated heterocycles. The largest absolute Gasteiger partial charge is 0.479 e. The Morgan fingerprint density at radius 1 is 1.00 bits per heavy atom. The van der Waals surface area contributed by atoms with E-state index in [1.807, 2.05) is 62.4 Å². The van der Waals surface area contributed by atoms with Crippen LogP contribution in [0.15, 0.2) is 66.7 Å². The number of rotatable bonds is 4. The topological polar surface area (TPSA) is 58.6 Å². The maximum absolute atomic E-state index is 12.8. The fourth-order valence-corrected chi connectivity index (χ4v) is 3.50. The Labute approximate surface area is 176 Å². The van der Waals surface area contributed by atoms with Gasteiger partial charge in [-0.25, -0.2) is 0 Å². The van der Waals surface area contributed by atoms with E-state index in [1.54, 1.807) is 30.0 Å². The number of hydrogen-bond donors (Lipinski definition) is 1. The molecular weight excluding hydrogens is 376 g/mol. The summed E-state index contributed by atoms with van der Waals surface area (Å²) in [5.41, 5.74) is 5.09. The number of amides is 2. The van der Waals surface area contributed by atoms with Crippen molar-refractivity contribution in [3.8, 4) is 5.75 Å². The number of carbonyl (C=O) groups excluding carboxylic acids is 2. The molecule has 5 heteroatoms. The summed E-state index contributed by atoms with van der Waals surface area (Å²) >= 11 is 0. The molecule has 1 atom stereocenters. The van der Waals surface area contributed by atoms with E-state index in [9.17, 15) is 9.59 Å². The zero-order chi connectivity index (χ0) is 21.3. The summed E-state index contributed by atoms with van der Waals surface area (Å²) in [6.07, 6.45) is -0.558. The zero-order valence-electron chi connectivity index (χ0n) is 17.3. The Bertz CT molecular complexity index is 1110. The normalized spacial score (nSPS) is 15.4. The second-order valence-electron chi connectivity index (χ2n) is 7.61. The van der Waals surface area contributed by atoms with E-state index in [4.69, 9.17) is 4.74 Å². The first-order valence-corrected chi connectivity index (χ1v) is 9.97. The highest BCUT2D eigenvalue weighted by molar-refractivity contribution is 6.05. The van der Waals surface area contributed by atoms with E-state index < -0.39 is 6.10 Å².